The van der Waals surface area contributed by atoms with Gasteiger partial charge < -0.3 is 15.0 Å². The number of nitrogens with zero attached hydrogens (tertiary/aromatic N) is 2. The number of aryl methyl sites for hydroxylation is 1. The zero-order valence-electron chi connectivity index (χ0n) is 25.6. The summed E-state index contributed by atoms with van der Waals surface area (Å²) >= 11 is 6.43. The summed E-state index contributed by atoms with van der Waals surface area (Å²) in [6.45, 7) is 3.86. The predicted octanol–water partition coefficient (Wildman–Crippen LogP) is 6.02. The van der Waals surface area contributed by atoms with Gasteiger partial charge in [-0.3, -0.25) is 13.9 Å². The largest absolute Gasteiger partial charge is 0.495 e. The first-order valence-corrected chi connectivity index (χ1v) is 16.5. The second-order valence-corrected chi connectivity index (χ2v) is 12.9. The fraction of sp³-hybridized carbons (Fsp3) is 0.257. The standard InChI is InChI=1S/C35H38ClN3O5S/c1-4-21-37-35(41)32(22-27-14-7-5-8-15-27)38(24-28-16-12-11-13-26(28)2)34(40)25-39(29-19-20-33(44-3)31(36)23-29)45(42,43)30-17-9-6-10-18-30/h5-20,23,32H,4,21-22,24-25H2,1-3H3,(H,37,41). The van der Waals surface area contributed by atoms with Crippen molar-refractivity contribution in [3.05, 3.63) is 125 Å². The van der Waals surface area contributed by atoms with Crippen LogP contribution in [0.4, 0.5) is 5.69 Å². The van der Waals surface area contributed by atoms with Crippen LogP contribution in [0.1, 0.15) is 30.0 Å². The third-order valence-corrected chi connectivity index (χ3v) is 9.54. The van der Waals surface area contributed by atoms with Crippen LogP contribution in [0, 0.1) is 6.92 Å². The van der Waals surface area contributed by atoms with Crippen LogP contribution in [-0.2, 0) is 32.6 Å². The molecule has 10 heteroatoms. The van der Waals surface area contributed by atoms with Gasteiger partial charge in [0.05, 0.1) is 22.7 Å². The zero-order valence-corrected chi connectivity index (χ0v) is 27.2. The lowest BCUT2D eigenvalue weighted by Crippen LogP contribution is -2.53. The van der Waals surface area contributed by atoms with Gasteiger partial charge in [0, 0.05) is 19.5 Å². The SMILES string of the molecule is CCCNC(=O)C(Cc1ccccc1)N(Cc1ccccc1C)C(=O)CN(c1ccc(OC)c(Cl)c1)S(=O)(=O)c1ccccc1. The molecule has 1 unspecified atom stereocenters. The van der Waals surface area contributed by atoms with Gasteiger partial charge in [0.15, 0.2) is 0 Å². The highest BCUT2D eigenvalue weighted by molar-refractivity contribution is 7.92. The first-order chi connectivity index (χ1) is 21.6. The molecule has 0 radical (unpaired) electrons. The topological polar surface area (TPSA) is 96.0 Å². The van der Waals surface area contributed by atoms with Crippen LogP contribution in [-0.4, -0.2) is 51.4 Å². The lowest BCUT2D eigenvalue weighted by molar-refractivity contribution is -0.140. The number of halogens is 1. The number of carbonyl (C=O) groups excluding carboxylic acids is 2. The Morgan fingerprint density at radius 3 is 2.18 bits per heavy atom. The van der Waals surface area contributed by atoms with Gasteiger partial charge in [0.2, 0.25) is 11.8 Å². The van der Waals surface area contributed by atoms with Crippen molar-refractivity contribution in [2.45, 2.75) is 44.2 Å². The number of nitrogens with one attached hydrogen (secondary N) is 1. The molecular weight excluding hydrogens is 610 g/mol. The fourth-order valence-corrected chi connectivity index (χ4v) is 6.63. The smallest absolute Gasteiger partial charge is 0.264 e. The van der Waals surface area contributed by atoms with Crippen molar-refractivity contribution < 1.29 is 22.7 Å². The molecule has 1 atom stereocenters. The number of anilines is 1. The van der Waals surface area contributed by atoms with E-state index in [2.05, 4.69) is 5.32 Å². The first-order valence-electron chi connectivity index (χ1n) is 14.7. The van der Waals surface area contributed by atoms with Gasteiger partial charge in [0.25, 0.3) is 10.0 Å². The van der Waals surface area contributed by atoms with E-state index in [1.807, 2.05) is 68.4 Å². The van der Waals surface area contributed by atoms with Gasteiger partial charge in [0.1, 0.15) is 18.3 Å². The maximum atomic E-state index is 14.5. The van der Waals surface area contributed by atoms with Crippen LogP contribution >= 0.6 is 11.6 Å². The molecule has 4 aromatic carbocycles. The molecule has 4 aromatic rings. The van der Waals surface area contributed by atoms with E-state index < -0.39 is 28.5 Å². The van der Waals surface area contributed by atoms with Gasteiger partial charge in [-0.1, -0.05) is 91.3 Å². The molecule has 0 saturated heterocycles. The minimum Gasteiger partial charge on any atom is -0.495 e. The molecule has 1 N–H and O–H groups in total. The Balaban J connectivity index is 1.82. The number of methoxy groups -OCH3 is 1. The average molecular weight is 648 g/mol. The van der Waals surface area contributed by atoms with E-state index in [0.717, 1.165) is 27.4 Å². The Bertz CT molecular complexity index is 1700. The molecule has 0 aliphatic rings. The molecule has 2 amide bonds. The van der Waals surface area contributed by atoms with E-state index in [1.165, 1.54) is 30.2 Å². The van der Waals surface area contributed by atoms with Crippen LogP contribution in [0.5, 0.6) is 5.75 Å². The minimum absolute atomic E-state index is 0.0109. The van der Waals surface area contributed by atoms with Gasteiger partial charge in [-0.2, -0.15) is 0 Å². The molecule has 0 fully saturated rings. The van der Waals surface area contributed by atoms with Crippen molar-refractivity contribution in [1.29, 1.82) is 0 Å². The molecule has 0 aliphatic carbocycles. The van der Waals surface area contributed by atoms with E-state index in [0.29, 0.717) is 12.3 Å². The number of rotatable bonds is 14. The Kier molecular flexibility index (Phi) is 11.6. The number of ether oxygens (including phenoxy) is 1. The number of benzene rings is 4. The normalized spacial score (nSPS) is 11.8. The maximum absolute atomic E-state index is 14.5. The highest BCUT2D eigenvalue weighted by atomic mass is 35.5. The van der Waals surface area contributed by atoms with E-state index in [-0.39, 0.29) is 34.5 Å². The van der Waals surface area contributed by atoms with Crippen LogP contribution < -0.4 is 14.4 Å². The number of carbonyl (C=O) groups is 2. The van der Waals surface area contributed by atoms with Gasteiger partial charge >= 0.3 is 0 Å². The van der Waals surface area contributed by atoms with Crippen LogP contribution in [0.3, 0.4) is 0 Å². The molecule has 8 nitrogen and oxygen atoms in total. The fourth-order valence-electron chi connectivity index (χ4n) is 4.95. The first kappa shape index (κ1) is 33.6. The maximum Gasteiger partial charge on any atom is 0.264 e. The Labute approximate surface area is 270 Å². The quantitative estimate of drug-likeness (QED) is 0.181. The Hall–Kier alpha value is -4.34. The molecule has 45 heavy (non-hydrogen) atoms. The molecule has 0 heterocycles. The lowest BCUT2D eigenvalue weighted by Gasteiger charge is -2.34. The summed E-state index contributed by atoms with van der Waals surface area (Å²) in [5, 5.41) is 3.14. The monoisotopic (exact) mass is 647 g/mol. The molecule has 4 rings (SSSR count). The number of amides is 2. The summed E-state index contributed by atoms with van der Waals surface area (Å²) < 4.78 is 34.5. The number of sulfonamides is 1. The van der Waals surface area contributed by atoms with Gasteiger partial charge in [-0.15, -0.1) is 0 Å². The number of hydrogen-bond donors (Lipinski definition) is 1. The summed E-state index contributed by atoms with van der Waals surface area (Å²) in [6, 6.07) is 28.6. The molecule has 0 saturated carbocycles. The highest BCUT2D eigenvalue weighted by Gasteiger charge is 2.35. The van der Waals surface area contributed by atoms with Crippen molar-refractivity contribution in [2.75, 3.05) is 24.5 Å². The molecular formula is C35H38ClN3O5S. The minimum atomic E-state index is -4.23. The summed E-state index contributed by atoms with van der Waals surface area (Å²) in [5.41, 5.74) is 2.84. The van der Waals surface area contributed by atoms with Crippen molar-refractivity contribution in [3.63, 3.8) is 0 Å². The summed E-state index contributed by atoms with van der Waals surface area (Å²) in [7, 11) is -2.77. The second-order valence-electron chi connectivity index (χ2n) is 10.6. The Morgan fingerprint density at radius 2 is 1.56 bits per heavy atom. The van der Waals surface area contributed by atoms with Gasteiger partial charge in [-0.05, 0) is 60.4 Å². The van der Waals surface area contributed by atoms with Crippen molar-refractivity contribution in [2.24, 2.45) is 0 Å². The van der Waals surface area contributed by atoms with Crippen molar-refractivity contribution in [3.8, 4) is 5.75 Å². The van der Waals surface area contributed by atoms with Gasteiger partial charge in [-0.25, -0.2) is 8.42 Å². The third-order valence-electron chi connectivity index (χ3n) is 7.46. The van der Waals surface area contributed by atoms with E-state index in [4.69, 9.17) is 16.3 Å². The highest BCUT2D eigenvalue weighted by Crippen LogP contribution is 2.32. The van der Waals surface area contributed by atoms with Crippen LogP contribution in [0.2, 0.25) is 5.02 Å². The second kappa shape index (κ2) is 15.6. The third kappa shape index (κ3) is 8.44. The molecule has 0 aliphatic heterocycles. The average Bonchev–Trinajstić information content (AvgIpc) is 3.05. The van der Waals surface area contributed by atoms with E-state index in [9.17, 15) is 18.0 Å². The summed E-state index contributed by atoms with van der Waals surface area (Å²) in [4.78, 5) is 29.8. The van der Waals surface area contributed by atoms with E-state index >= 15 is 0 Å². The predicted molar refractivity (Wildman–Crippen MR) is 178 cm³/mol. The summed E-state index contributed by atoms with van der Waals surface area (Å²) in [5.74, 6) is -0.495. The number of hydrogen-bond acceptors (Lipinski definition) is 5. The van der Waals surface area contributed by atoms with Crippen LogP contribution in [0.15, 0.2) is 108 Å². The molecule has 0 bridgehead atoms. The van der Waals surface area contributed by atoms with E-state index in [1.54, 1.807) is 30.3 Å². The van der Waals surface area contributed by atoms with Crippen molar-refractivity contribution >= 4 is 39.1 Å². The van der Waals surface area contributed by atoms with Crippen LogP contribution in [0.25, 0.3) is 0 Å². The zero-order chi connectivity index (χ0) is 32.4. The lowest BCUT2D eigenvalue weighted by atomic mass is 10.0. The summed E-state index contributed by atoms with van der Waals surface area (Å²) in [6.07, 6.45) is 0.963. The molecule has 0 aromatic heterocycles. The van der Waals surface area contributed by atoms with Crippen molar-refractivity contribution in [1.82, 2.24) is 10.2 Å². The molecule has 236 valence electrons. The molecule has 0 spiro atoms. The Morgan fingerprint density at radius 1 is 0.911 bits per heavy atom.